The fraction of sp³-hybridized carbons (Fsp3) is 0.575. The minimum Gasteiger partial charge on any atom is -0.379 e. The normalized spacial score (nSPS) is 25.6. The molecule has 5 heterocycles. The van der Waals surface area contributed by atoms with E-state index in [4.69, 9.17) is 4.74 Å². The number of aromatic nitrogens is 1. The average molecular weight is 652 g/mol. The Hall–Kier alpha value is -2.42. The van der Waals surface area contributed by atoms with E-state index in [-0.39, 0.29) is 0 Å². The van der Waals surface area contributed by atoms with Crippen LogP contribution in [-0.2, 0) is 16.7 Å². The van der Waals surface area contributed by atoms with Crippen LogP contribution in [0.5, 0.6) is 0 Å². The van der Waals surface area contributed by atoms with Gasteiger partial charge in [-0.3, -0.25) is 14.8 Å². The number of piperidine rings is 1. The highest BCUT2D eigenvalue weighted by Gasteiger charge is 2.51. The lowest BCUT2D eigenvalue weighted by Gasteiger charge is -2.54. The highest BCUT2D eigenvalue weighted by atomic mass is 32.2. The molecule has 3 saturated heterocycles. The fourth-order valence-corrected chi connectivity index (χ4v) is 10.6. The highest BCUT2D eigenvalue weighted by Crippen LogP contribution is 2.53. The van der Waals surface area contributed by atoms with Crippen LogP contribution in [0.2, 0.25) is 0 Å². The molecule has 47 heavy (non-hydrogen) atoms. The Morgan fingerprint density at radius 1 is 0.723 bits per heavy atom. The molecule has 0 spiro atoms. The van der Waals surface area contributed by atoms with Crippen molar-refractivity contribution in [3.63, 3.8) is 0 Å². The molecular formula is C40H53N5OS. The van der Waals surface area contributed by atoms with Crippen LogP contribution < -0.4 is 4.90 Å². The Balaban J connectivity index is 0.887. The summed E-state index contributed by atoms with van der Waals surface area (Å²) in [4.78, 5) is 17.5. The molecule has 0 radical (unpaired) electrons. The number of morpholine rings is 1. The van der Waals surface area contributed by atoms with Gasteiger partial charge in [0.05, 0.1) is 13.2 Å². The molecule has 0 amide bonds. The Bertz CT molecular complexity index is 1430. The van der Waals surface area contributed by atoms with Crippen LogP contribution in [0.3, 0.4) is 0 Å². The van der Waals surface area contributed by atoms with Crippen molar-refractivity contribution in [2.24, 2.45) is 17.8 Å². The van der Waals surface area contributed by atoms with Crippen molar-refractivity contribution < 1.29 is 4.74 Å². The maximum Gasteiger partial charge on any atom is 0.0594 e. The van der Waals surface area contributed by atoms with Gasteiger partial charge >= 0.3 is 0 Å². The smallest absolute Gasteiger partial charge is 0.0594 e. The molecule has 7 heteroatoms. The van der Waals surface area contributed by atoms with E-state index >= 15 is 0 Å². The number of hydrogen-bond acceptors (Lipinski definition) is 7. The summed E-state index contributed by atoms with van der Waals surface area (Å²) in [6.45, 7) is 14.9. The summed E-state index contributed by atoms with van der Waals surface area (Å²) in [5, 5.41) is 0. The second-order valence-electron chi connectivity index (χ2n) is 15.0. The molecule has 0 bridgehead atoms. The predicted molar refractivity (Wildman–Crippen MR) is 192 cm³/mol. The average Bonchev–Trinajstić information content (AvgIpc) is 3.66. The van der Waals surface area contributed by atoms with E-state index in [1.54, 1.807) is 22.9 Å². The third-order valence-corrected chi connectivity index (χ3v) is 13.2. The van der Waals surface area contributed by atoms with Gasteiger partial charge < -0.3 is 14.5 Å². The molecule has 4 aliphatic heterocycles. The number of ether oxygens (including phenoxy) is 1. The van der Waals surface area contributed by atoms with Crippen LogP contribution in [-0.4, -0.2) is 98.3 Å². The minimum absolute atomic E-state index is 0.317. The number of pyridine rings is 1. The lowest BCUT2D eigenvalue weighted by molar-refractivity contribution is 0.0152. The summed E-state index contributed by atoms with van der Waals surface area (Å²) in [5.41, 5.74) is 5.03. The van der Waals surface area contributed by atoms with E-state index in [2.05, 4.69) is 85.2 Å². The zero-order valence-corrected chi connectivity index (χ0v) is 29.0. The third kappa shape index (κ3) is 7.02. The monoisotopic (exact) mass is 651 g/mol. The molecule has 4 fully saturated rings. The molecule has 1 aliphatic carbocycles. The minimum atomic E-state index is 0.317. The first-order valence-corrected chi connectivity index (χ1v) is 19.3. The molecule has 2 aromatic carbocycles. The SMILES string of the molecule is c1ccc2c(c1)CN(CCN1CCOCC1)CC2(C1CCCC1)C1CCN(CC2CN(c3ccc(Sc4ccncc4)cc3)C2)CC1. The van der Waals surface area contributed by atoms with E-state index in [9.17, 15) is 0 Å². The molecule has 1 atom stereocenters. The van der Waals surface area contributed by atoms with E-state index < -0.39 is 0 Å². The van der Waals surface area contributed by atoms with Crippen LogP contribution in [0.15, 0.2) is 82.8 Å². The van der Waals surface area contributed by atoms with Crippen LogP contribution >= 0.6 is 11.8 Å². The Labute approximate surface area is 286 Å². The maximum absolute atomic E-state index is 5.64. The third-order valence-electron chi connectivity index (χ3n) is 12.2. The molecule has 1 unspecified atom stereocenters. The van der Waals surface area contributed by atoms with Crippen molar-refractivity contribution in [3.8, 4) is 0 Å². The maximum atomic E-state index is 5.64. The van der Waals surface area contributed by atoms with Crippen molar-refractivity contribution in [1.29, 1.82) is 0 Å². The molecule has 8 rings (SSSR count). The number of likely N-dealkylation sites (tertiary alicyclic amines) is 1. The summed E-state index contributed by atoms with van der Waals surface area (Å²) in [5.74, 6) is 2.41. The number of anilines is 1. The highest BCUT2D eigenvalue weighted by molar-refractivity contribution is 7.99. The van der Waals surface area contributed by atoms with Gasteiger partial charge in [0.1, 0.15) is 0 Å². The second kappa shape index (κ2) is 14.6. The van der Waals surface area contributed by atoms with Crippen LogP contribution in [0.25, 0.3) is 0 Å². The topological polar surface area (TPSA) is 35.1 Å². The Morgan fingerprint density at radius 2 is 1.40 bits per heavy atom. The molecule has 6 nitrogen and oxygen atoms in total. The quantitative estimate of drug-likeness (QED) is 0.243. The zero-order valence-electron chi connectivity index (χ0n) is 28.1. The van der Waals surface area contributed by atoms with Crippen LogP contribution in [0.1, 0.15) is 49.7 Å². The summed E-state index contributed by atoms with van der Waals surface area (Å²) in [6, 6.07) is 23.0. The fourth-order valence-electron chi connectivity index (χ4n) is 9.76. The van der Waals surface area contributed by atoms with Gasteiger partial charge in [-0.15, -0.1) is 0 Å². The first-order valence-electron chi connectivity index (χ1n) is 18.5. The van der Waals surface area contributed by atoms with E-state index in [0.717, 1.165) is 50.6 Å². The van der Waals surface area contributed by atoms with Crippen molar-refractivity contribution >= 4 is 17.4 Å². The first-order chi connectivity index (χ1) is 23.2. The standard InChI is InChI=1S/C40H53N5OS/c1-4-8-39-33(5-1)30-44(22-21-42-23-25-46-26-24-42)31-40(39,34-6-2-3-7-34)35-15-19-43(20-16-35)27-32-28-45(29-32)36-9-11-37(12-10-36)47-38-13-17-41-18-14-38/h1,4-5,8-14,17-18,32,34-35H,2-3,6-7,15-16,19-31H2. The van der Waals surface area contributed by atoms with E-state index in [0.29, 0.717) is 5.41 Å². The van der Waals surface area contributed by atoms with Gasteiger partial charge in [-0.25, -0.2) is 0 Å². The molecule has 5 aliphatic rings. The van der Waals surface area contributed by atoms with Crippen molar-refractivity contribution in [1.82, 2.24) is 19.7 Å². The van der Waals surface area contributed by atoms with Crippen LogP contribution in [0.4, 0.5) is 5.69 Å². The molecule has 0 N–H and O–H groups in total. The van der Waals surface area contributed by atoms with Gasteiger partial charge in [-0.2, -0.15) is 0 Å². The van der Waals surface area contributed by atoms with Crippen molar-refractivity contribution in [2.75, 3.05) is 83.6 Å². The molecule has 1 aromatic heterocycles. The summed E-state index contributed by atoms with van der Waals surface area (Å²) >= 11 is 1.81. The Kier molecular flexibility index (Phi) is 9.88. The second-order valence-corrected chi connectivity index (χ2v) is 16.1. The largest absolute Gasteiger partial charge is 0.379 e. The summed E-state index contributed by atoms with van der Waals surface area (Å²) in [6.07, 6.45) is 12.1. The van der Waals surface area contributed by atoms with Gasteiger partial charge in [0.25, 0.3) is 0 Å². The number of benzene rings is 2. The molecular weight excluding hydrogens is 599 g/mol. The molecule has 1 saturated carbocycles. The lowest BCUT2D eigenvalue weighted by atomic mass is 9.57. The van der Waals surface area contributed by atoms with E-state index in [1.807, 2.05) is 12.4 Å². The van der Waals surface area contributed by atoms with Gasteiger partial charge in [0.2, 0.25) is 0 Å². The number of hydrogen-bond donors (Lipinski definition) is 0. The summed E-state index contributed by atoms with van der Waals surface area (Å²) < 4.78 is 5.64. The molecule has 3 aromatic rings. The van der Waals surface area contributed by atoms with Crippen molar-refractivity contribution in [3.05, 3.63) is 84.2 Å². The first kappa shape index (κ1) is 31.8. The number of nitrogens with zero attached hydrogens (tertiary/aromatic N) is 5. The van der Waals surface area contributed by atoms with Gasteiger partial charge in [-0.05, 0) is 98.1 Å². The molecule has 250 valence electrons. The number of fused-ring (bicyclic) bond motifs is 1. The number of rotatable bonds is 10. The van der Waals surface area contributed by atoms with Crippen molar-refractivity contribution in [2.45, 2.75) is 60.3 Å². The van der Waals surface area contributed by atoms with Crippen LogP contribution in [0, 0.1) is 17.8 Å². The van der Waals surface area contributed by atoms with Gasteiger partial charge in [-0.1, -0.05) is 48.9 Å². The predicted octanol–water partition coefficient (Wildman–Crippen LogP) is 6.66. The van der Waals surface area contributed by atoms with Gasteiger partial charge in [0.15, 0.2) is 0 Å². The Morgan fingerprint density at radius 3 is 2.17 bits per heavy atom. The van der Waals surface area contributed by atoms with E-state index in [1.165, 1.54) is 106 Å². The lowest BCUT2D eigenvalue weighted by Crippen LogP contribution is -2.58. The van der Waals surface area contributed by atoms with Gasteiger partial charge in [0, 0.05) is 98.1 Å². The zero-order chi connectivity index (χ0) is 31.5. The summed E-state index contributed by atoms with van der Waals surface area (Å²) in [7, 11) is 0.